The van der Waals surface area contributed by atoms with E-state index in [4.69, 9.17) is 0 Å². The number of halogens is 1. The average molecular weight is 318 g/mol. The van der Waals surface area contributed by atoms with Crippen molar-refractivity contribution in [2.24, 2.45) is 11.8 Å². The standard InChI is InChI=1S/C15H27N3O2.ClH/c1-4-17(5-2)15(20)13-7-6-8-18(13)14(19)11(3)12-9-16-10-12;/h11-13,16H,4-10H2,1-3H3;1H. The number of nitrogens with one attached hydrogen (secondary N) is 1. The van der Waals surface area contributed by atoms with Crippen LogP contribution in [0.1, 0.15) is 33.6 Å². The number of carbonyl (C=O) groups is 2. The zero-order valence-corrected chi connectivity index (χ0v) is 14.1. The van der Waals surface area contributed by atoms with Crippen molar-refractivity contribution in [2.45, 2.75) is 39.7 Å². The molecule has 1 N–H and O–H groups in total. The van der Waals surface area contributed by atoms with Gasteiger partial charge in [-0.3, -0.25) is 9.59 Å². The lowest BCUT2D eigenvalue weighted by Crippen LogP contribution is -2.53. The second-order valence-corrected chi connectivity index (χ2v) is 5.91. The Morgan fingerprint density at radius 2 is 1.90 bits per heavy atom. The van der Waals surface area contributed by atoms with E-state index >= 15 is 0 Å². The maximum Gasteiger partial charge on any atom is 0.245 e. The van der Waals surface area contributed by atoms with Crippen molar-refractivity contribution in [3.8, 4) is 0 Å². The SMILES string of the molecule is CCN(CC)C(=O)C1CCCN1C(=O)C(C)C1CNC1.Cl. The van der Waals surface area contributed by atoms with Gasteiger partial charge < -0.3 is 15.1 Å². The lowest BCUT2D eigenvalue weighted by molar-refractivity contribution is -0.146. The maximum absolute atomic E-state index is 12.6. The van der Waals surface area contributed by atoms with E-state index in [1.54, 1.807) is 0 Å². The summed E-state index contributed by atoms with van der Waals surface area (Å²) < 4.78 is 0. The molecular formula is C15H28ClN3O2. The molecule has 0 aromatic carbocycles. The minimum absolute atomic E-state index is 0. The van der Waals surface area contributed by atoms with Crippen LogP contribution < -0.4 is 5.32 Å². The van der Waals surface area contributed by atoms with Gasteiger partial charge in [0.05, 0.1) is 0 Å². The monoisotopic (exact) mass is 317 g/mol. The number of amides is 2. The Labute approximate surface area is 133 Å². The van der Waals surface area contributed by atoms with Crippen LogP contribution in [0.25, 0.3) is 0 Å². The first kappa shape index (κ1) is 18.2. The van der Waals surface area contributed by atoms with Gasteiger partial charge in [-0.2, -0.15) is 0 Å². The third-order valence-electron chi connectivity index (χ3n) is 4.81. The predicted octanol–water partition coefficient (Wildman–Crippen LogP) is 1.12. The highest BCUT2D eigenvalue weighted by Crippen LogP contribution is 2.25. The minimum Gasteiger partial charge on any atom is -0.341 e. The van der Waals surface area contributed by atoms with E-state index in [9.17, 15) is 9.59 Å². The van der Waals surface area contributed by atoms with Gasteiger partial charge in [0.15, 0.2) is 0 Å². The fourth-order valence-electron chi connectivity index (χ4n) is 3.16. The van der Waals surface area contributed by atoms with Crippen LogP contribution in [0, 0.1) is 11.8 Å². The van der Waals surface area contributed by atoms with Gasteiger partial charge in [0, 0.05) is 25.6 Å². The molecule has 2 fully saturated rings. The highest BCUT2D eigenvalue weighted by molar-refractivity contribution is 5.89. The molecule has 2 aliphatic heterocycles. The van der Waals surface area contributed by atoms with Gasteiger partial charge in [0.25, 0.3) is 0 Å². The second kappa shape index (κ2) is 7.99. The third-order valence-corrected chi connectivity index (χ3v) is 4.81. The molecule has 2 heterocycles. The summed E-state index contributed by atoms with van der Waals surface area (Å²) in [5.41, 5.74) is 0. The van der Waals surface area contributed by atoms with Crippen LogP contribution in [0.2, 0.25) is 0 Å². The molecule has 5 nitrogen and oxygen atoms in total. The maximum atomic E-state index is 12.6. The van der Waals surface area contributed by atoms with Crippen LogP contribution in [-0.4, -0.2) is 60.4 Å². The lowest BCUT2D eigenvalue weighted by Gasteiger charge is -2.36. The van der Waals surface area contributed by atoms with Gasteiger partial charge >= 0.3 is 0 Å². The summed E-state index contributed by atoms with van der Waals surface area (Å²) in [7, 11) is 0. The van der Waals surface area contributed by atoms with Gasteiger partial charge in [-0.1, -0.05) is 6.92 Å². The van der Waals surface area contributed by atoms with Crippen LogP contribution >= 0.6 is 12.4 Å². The highest BCUT2D eigenvalue weighted by atomic mass is 35.5. The summed E-state index contributed by atoms with van der Waals surface area (Å²) >= 11 is 0. The van der Waals surface area contributed by atoms with E-state index in [0.717, 1.165) is 45.6 Å². The predicted molar refractivity (Wildman–Crippen MR) is 85.4 cm³/mol. The van der Waals surface area contributed by atoms with Crippen molar-refractivity contribution >= 4 is 24.2 Å². The number of likely N-dealkylation sites (N-methyl/N-ethyl adjacent to an activating group) is 1. The Hall–Kier alpha value is -0.810. The first-order valence-corrected chi connectivity index (χ1v) is 7.90. The molecule has 0 aromatic rings. The van der Waals surface area contributed by atoms with Crippen molar-refractivity contribution < 1.29 is 9.59 Å². The zero-order chi connectivity index (χ0) is 14.7. The molecule has 122 valence electrons. The molecule has 0 aromatic heterocycles. The van der Waals surface area contributed by atoms with Crippen LogP contribution in [0.15, 0.2) is 0 Å². The van der Waals surface area contributed by atoms with E-state index in [2.05, 4.69) is 5.32 Å². The van der Waals surface area contributed by atoms with E-state index in [-0.39, 0.29) is 36.2 Å². The van der Waals surface area contributed by atoms with E-state index < -0.39 is 0 Å². The number of rotatable bonds is 5. The minimum atomic E-state index is -0.224. The summed E-state index contributed by atoms with van der Waals surface area (Å²) in [6.45, 7) is 10.0. The summed E-state index contributed by atoms with van der Waals surface area (Å²) in [6.07, 6.45) is 1.76. The largest absolute Gasteiger partial charge is 0.341 e. The van der Waals surface area contributed by atoms with Gasteiger partial charge in [0.1, 0.15) is 6.04 Å². The van der Waals surface area contributed by atoms with Crippen LogP contribution in [-0.2, 0) is 9.59 Å². The van der Waals surface area contributed by atoms with Crippen LogP contribution in [0.5, 0.6) is 0 Å². The quantitative estimate of drug-likeness (QED) is 0.827. The fourth-order valence-corrected chi connectivity index (χ4v) is 3.16. The van der Waals surface area contributed by atoms with Gasteiger partial charge in [-0.15, -0.1) is 12.4 Å². The molecule has 2 saturated heterocycles. The van der Waals surface area contributed by atoms with E-state index in [1.165, 1.54) is 0 Å². The molecule has 2 unspecified atom stereocenters. The molecule has 2 atom stereocenters. The first-order valence-electron chi connectivity index (χ1n) is 7.90. The fraction of sp³-hybridized carbons (Fsp3) is 0.867. The topological polar surface area (TPSA) is 52.7 Å². The van der Waals surface area contributed by atoms with Crippen LogP contribution in [0.4, 0.5) is 0 Å². The van der Waals surface area contributed by atoms with Gasteiger partial charge in [-0.05, 0) is 45.7 Å². The molecule has 2 rings (SSSR count). The molecule has 0 spiro atoms. The van der Waals surface area contributed by atoms with E-state index in [0.29, 0.717) is 5.92 Å². The average Bonchev–Trinajstić information content (AvgIpc) is 2.86. The van der Waals surface area contributed by atoms with Crippen molar-refractivity contribution in [2.75, 3.05) is 32.7 Å². The van der Waals surface area contributed by atoms with Crippen LogP contribution in [0.3, 0.4) is 0 Å². The van der Waals surface area contributed by atoms with Crippen molar-refractivity contribution in [3.63, 3.8) is 0 Å². The number of hydrogen-bond donors (Lipinski definition) is 1. The van der Waals surface area contributed by atoms with Crippen molar-refractivity contribution in [3.05, 3.63) is 0 Å². The molecule has 21 heavy (non-hydrogen) atoms. The van der Waals surface area contributed by atoms with E-state index in [1.807, 2.05) is 30.6 Å². The molecule has 0 bridgehead atoms. The molecule has 0 radical (unpaired) electrons. The Morgan fingerprint density at radius 3 is 2.38 bits per heavy atom. The molecular weight excluding hydrogens is 290 g/mol. The zero-order valence-electron chi connectivity index (χ0n) is 13.3. The Morgan fingerprint density at radius 1 is 1.29 bits per heavy atom. The number of likely N-dealkylation sites (tertiary alicyclic amines) is 1. The van der Waals surface area contributed by atoms with Crippen molar-refractivity contribution in [1.82, 2.24) is 15.1 Å². The molecule has 0 saturated carbocycles. The second-order valence-electron chi connectivity index (χ2n) is 5.91. The summed E-state index contributed by atoms with van der Waals surface area (Å²) in [4.78, 5) is 28.8. The number of nitrogens with zero attached hydrogens (tertiary/aromatic N) is 2. The molecule has 6 heteroatoms. The lowest BCUT2D eigenvalue weighted by atomic mass is 9.87. The number of hydrogen-bond acceptors (Lipinski definition) is 3. The highest BCUT2D eigenvalue weighted by Gasteiger charge is 2.40. The first-order chi connectivity index (χ1) is 9.60. The Bertz CT molecular complexity index is 370. The van der Waals surface area contributed by atoms with Crippen molar-refractivity contribution in [1.29, 1.82) is 0 Å². The summed E-state index contributed by atoms with van der Waals surface area (Å²) in [5.74, 6) is 0.757. The summed E-state index contributed by atoms with van der Waals surface area (Å²) in [6, 6.07) is -0.224. The third kappa shape index (κ3) is 3.69. The molecule has 0 aliphatic carbocycles. The Balaban J connectivity index is 0.00000220. The van der Waals surface area contributed by atoms with Gasteiger partial charge in [-0.25, -0.2) is 0 Å². The summed E-state index contributed by atoms with van der Waals surface area (Å²) in [5, 5.41) is 3.21. The molecule has 2 aliphatic rings. The molecule has 2 amide bonds. The number of carbonyl (C=O) groups excluding carboxylic acids is 2. The smallest absolute Gasteiger partial charge is 0.245 e. The normalized spacial score (nSPS) is 23.2. The Kier molecular flexibility index (Phi) is 6.94. The van der Waals surface area contributed by atoms with Gasteiger partial charge in [0.2, 0.25) is 11.8 Å².